The summed E-state index contributed by atoms with van der Waals surface area (Å²) >= 11 is 0. The Hall–Kier alpha value is -7.32. The standard InChI is InChI=1S/2C29H28FNO2/c1-4-33-29(32)26-25(22-13-9-6-10-14-22)28(23-15-17-24(30)18-16-23)31(27(26)20(2)3)19-21-11-7-5-8-12-21;1-4-33-29(32)26-25(22-13-9-6-10-14-22)27(20(2)3)31(19-21-11-7-5-8-12-21)28(26)23-15-17-24(30)18-16-23/h2*5-18,20H,4,19H2,1-3H3. The van der Waals surface area contributed by atoms with E-state index in [1.165, 1.54) is 24.3 Å². The molecule has 6 nitrogen and oxygen atoms in total. The van der Waals surface area contributed by atoms with Gasteiger partial charge in [0.2, 0.25) is 0 Å². The van der Waals surface area contributed by atoms with E-state index >= 15 is 0 Å². The maximum absolute atomic E-state index is 13.8. The van der Waals surface area contributed by atoms with Crippen LogP contribution >= 0.6 is 0 Å². The number of rotatable bonds is 14. The zero-order chi connectivity index (χ0) is 46.7. The van der Waals surface area contributed by atoms with Crippen LogP contribution in [0.15, 0.2) is 170 Å². The van der Waals surface area contributed by atoms with Crippen molar-refractivity contribution in [3.05, 3.63) is 215 Å². The molecule has 6 aromatic carbocycles. The minimum atomic E-state index is -0.371. The Bertz CT molecular complexity index is 2810. The molecule has 0 saturated carbocycles. The lowest BCUT2D eigenvalue weighted by atomic mass is 9.94. The second-order valence-corrected chi connectivity index (χ2v) is 16.6. The molecular weight excluding hydrogens is 827 g/mol. The Morgan fingerprint density at radius 1 is 0.439 bits per heavy atom. The largest absolute Gasteiger partial charge is 0.462 e. The predicted molar refractivity (Wildman–Crippen MR) is 262 cm³/mol. The van der Waals surface area contributed by atoms with E-state index in [4.69, 9.17) is 9.47 Å². The Balaban J connectivity index is 0.000000196. The number of halogens is 2. The molecule has 0 spiro atoms. The smallest absolute Gasteiger partial charge is 0.340 e. The highest BCUT2D eigenvalue weighted by Crippen LogP contribution is 2.44. The quantitative estimate of drug-likeness (QED) is 0.102. The highest BCUT2D eigenvalue weighted by molar-refractivity contribution is 6.05. The van der Waals surface area contributed by atoms with Crippen molar-refractivity contribution in [1.29, 1.82) is 0 Å². The second-order valence-electron chi connectivity index (χ2n) is 16.6. The first-order valence-electron chi connectivity index (χ1n) is 22.6. The van der Waals surface area contributed by atoms with Crippen LogP contribution in [0.2, 0.25) is 0 Å². The first kappa shape index (κ1) is 46.7. The first-order chi connectivity index (χ1) is 32.0. The molecule has 0 radical (unpaired) electrons. The maximum atomic E-state index is 13.8. The van der Waals surface area contributed by atoms with Gasteiger partial charge in [0.25, 0.3) is 0 Å². The summed E-state index contributed by atoms with van der Waals surface area (Å²) in [7, 11) is 0. The number of hydrogen-bond donors (Lipinski definition) is 0. The number of ether oxygens (including phenoxy) is 2. The number of hydrogen-bond acceptors (Lipinski definition) is 4. The average molecular weight is 883 g/mol. The molecule has 0 aliphatic heterocycles. The normalized spacial score (nSPS) is 11.1. The van der Waals surface area contributed by atoms with E-state index in [0.717, 1.165) is 67.3 Å². The van der Waals surface area contributed by atoms with Gasteiger partial charge in [-0.1, -0.05) is 149 Å². The molecular formula is C58H56F2N2O4. The lowest BCUT2D eigenvalue weighted by Crippen LogP contribution is -2.12. The number of carbonyl (C=O) groups is 2. The van der Waals surface area contributed by atoms with Crippen LogP contribution in [0.4, 0.5) is 8.78 Å². The zero-order valence-electron chi connectivity index (χ0n) is 38.4. The minimum Gasteiger partial charge on any atom is -0.462 e. The van der Waals surface area contributed by atoms with Gasteiger partial charge in [-0.05, 0) is 108 Å². The number of carbonyl (C=O) groups excluding carboxylic acids is 2. The molecule has 8 aromatic rings. The molecule has 2 aromatic heterocycles. The summed E-state index contributed by atoms with van der Waals surface area (Å²) < 4.78 is 43.1. The zero-order valence-corrected chi connectivity index (χ0v) is 38.4. The summed E-state index contributed by atoms with van der Waals surface area (Å²) in [6, 6.07) is 52.9. The SMILES string of the molecule is CCOC(=O)c1c(-c2ccccc2)c(-c2ccc(F)cc2)n(Cc2ccccc2)c1C(C)C.CCOC(=O)c1c(-c2ccccc2)c(C(C)C)n(Cc2ccccc2)c1-c1ccc(F)cc1. The van der Waals surface area contributed by atoms with Gasteiger partial charge >= 0.3 is 11.9 Å². The molecule has 8 heteroatoms. The van der Waals surface area contributed by atoms with Crippen molar-refractivity contribution in [2.24, 2.45) is 0 Å². The van der Waals surface area contributed by atoms with Crippen LogP contribution < -0.4 is 0 Å². The Morgan fingerprint density at radius 2 is 0.803 bits per heavy atom. The lowest BCUT2D eigenvalue weighted by Gasteiger charge is -2.17. The fourth-order valence-electron chi connectivity index (χ4n) is 8.75. The summed E-state index contributed by atoms with van der Waals surface area (Å²) in [5.41, 5.74) is 12.1. The van der Waals surface area contributed by atoms with Gasteiger partial charge < -0.3 is 18.6 Å². The van der Waals surface area contributed by atoms with Gasteiger partial charge in [-0.15, -0.1) is 0 Å². The number of benzene rings is 6. The number of esters is 2. The number of nitrogens with zero attached hydrogens (tertiary/aromatic N) is 2. The van der Waals surface area contributed by atoms with Crippen molar-refractivity contribution < 1.29 is 27.8 Å². The molecule has 0 atom stereocenters. The van der Waals surface area contributed by atoms with Gasteiger partial charge in [-0.2, -0.15) is 0 Å². The van der Waals surface area contributed by atoms with Crippen LogP contribution in [0.3, 0.4) is 0 Å². The third kappa shape index (κ3) is 10.3. The topological polar surface area (TPSA) is 62.5 Å². The fraction of sp³-hybridized carbons (Fsp3) is 0.207. The summed E-state index contributed by atoms with van der Waals surface area (Å²) in [5.74, 6) is -1.13. The summed E-state index contributed by atoms with van der Waals surface area (Å²) in [5, 5.41) is 0. The molecule has 66 heavy (non-hydrogen) atoms. The number of aromatic nitrogens is 2. The van der Waals surface area contributed by atoms with Crippen LogP contribution in [-0.2, 0) is 22.6 Å². The lowest BCUT2D eigenvalue weighted by molar-refractivity contribution is 0.0517. The van der Waals surface area contributed by atoms with Crippen molar-refractivity contribution in [3.8, 4) is 44.8 Å². The van der Waals surface area contributed by atoms with Crippen LogP contribution in [-0.4, -0.2) is 34.3 Å². The molecule has 0 N–H and O–H groups in total. The second kappa shape index (κ2) is 21.6. The van der Waals surface area contributed by atoms with E-state index in [-0.39, 0.29) is 42.0 Å². The van der Waals surface area contributed by atoms with Gasteiger partial charge in [0.1, 0.15) is 11.6 Å². The van der Waals surface area contributed by atoms with Gasteiger partial charge in [-0.25, -0.2) is 18.4 Å². The highest BCUT2D eigenvalue weighted by atomic mass is 19.1. The van der Waals surface area contributed by atoms with Crippen LogP contribution in [0.25, 0.3) is 44.8 Å². The Morgan fingerprint density at radius 3 is 1.21 bits per heavy atom. The third-order valence-electron chi connectivity index (χ3n) is 11.4. The van der Waals surface area contributed by atoms with E-state index in [1.54, 1.807) is 24.3 Å². The average Bonchev–Trinajstić information content (AvgIpc) is 3.85. The van der Waals surface area contributed by atoms with Crippen LogP contribution in [0, 0.1) is 11.6 Å². The van der Waals surface area contributed by atoms with Crippen molar-refractivity contribution in [2.45, 2.75) is 66.5 Å². The van der Waals surface area contributed by atoms with E-state index in [2.05, 4.69) is 61.1 Å². The van der Waals surface area contributed by atoms with Gasteiger partial charge in [0.05, 0.1) is 35.7 Å². The van der Waals surface area contributed by atoms with Gasteiger partial charge in [-0.3, -0.25) is 0 Å². The third-order valence-corrected chi connectivity index (χ3v) is 11.4. The summed E-state index contributed by atoms with van der Waals surface area (Å²) in [4.78, 5) is 26.8. The van der Waals surface area contributed by atoms with E-state index in [9.17, 15) is 18.4 Å². The molecule has 336 valence electrons. The molecule has 0 fully saturated rings. The molecule has 8 rings (SSSR count). The van der Waals surface area contributed by atoms with Crippen molar-refractivity contribution in [2.75, 3.05) is 13.2 Å². The van der Waals surface area contributed by atoms with Crippen molar-refractivity contribution in [3.63, 3.8) is 0 Å². The molecule has 0 aliphatic rings. The van der Waals surface area contributed by atoms with Crippen LogP contribution in [0.5, 0.6) is 0 Å². The maximum Gasteiger partial charge on any atom is 0.340 e. The Kier molecular flexibility index (Phi) is 15.3. The highest BCUT2D eigenvalue weighted by Gasteiger charge is 2.33. The van der Waals surface area contributed by atoms with E-state index in [0.29, 0.717) is 30.8 Å². The van der Waals surface area contributed by atoms with Gasteiger partial charge in [0.15, 0.2) is 0 Å². The molecule has 0 saturated heterocycles. The summed E-state index contributed by atoms with van der Waals surface area (Å²) in [6.07, 6.45) is 0. The Labute approximate surface area is 387 Å². The molecule has 0 amide bonds. The monoisotopic (exact) mass is 882 g/mol. The fourth-order valence-corrected chi connectivity index (χ4v) is 8.75. The first-order valence-corrected chi connectivity index (χ1v) is 22.6. The van der Waals surface area contributed by atoms with E-state index in [1.807, 2.05) is 111 Å². The molecule has 0 aliphatic carbocycles. The minimum absolute atomic E-state index is 0.0600. The van der Waals surface area contributed by atoms with Gasteiger partial charge in [0, 0.05) is 35.6 Å². The van der Waals surface area contributed by atoms with Crippen molar-refractivity contribution >= 4 is 11.9 Å². The van der Waals surface area contributed by atoms with Crippen LogP contribution in [0.1, 0.15) is 96.6 Å². The van der Waals surface area contributed by atoms with Crippen molar-refractivity contribution in [1.82, 2.24) is 9.13 Å². The predicted octanol–water partition coefficient (Wildman–Crippen LogP) is 14.6. The molecule has 2 heterocycles. The van der Waals surface area contributed by atoms with E-state index < -0.39 is 0 Å². The summed E-state index contributed by atoms with van der Waals surface area (Å²) in [6.45, 7) is 13.8. The molecule has 0 unspecified atom stereocenters. The molecule has 0 bridgehead atoms.